The Hall–Kier alpha value is -2.59. The maximum absolute atomic E-state index is 13.1. The number of rotatable bonds is 4. The first-order valence-electron chi connectivity index (χ1n) is 5.83. The third kappa shape index (κ3) is 3.12. The van der Waals surface area contributed by atoms with Crippen LogP contribution in [0.3, 0.4) is 0 Å². The second-order valence-corrected chi connectivity index (χ2v) is 5.71. The van der Waals surface area contributed by atoms with Gasteiger partial charge in [-0.2, -0.15) is 5.26 Å². The van der Waals surface area contributed by atoms with E-state index in [0.717, 1.165) is 12.1 Å². The molecule has 2 aromatic carbocycles. The summed E-state index contributed by atoms with van der Waals surface area (Å²) < 4.78 is 45.0. The maximum Gasteiger partial charge on any atom is 0.265 e. The summed E-state index contributed by atoms with van der Waals surface area (Å²) >= 11 is 0. The number of nitrogens with zero attached hydrogens (tertiary/aromatic N) is 1. The highest BCUT2D eigenvalue weighted by molar-refractivity contribution is 7.92. The Balaban J connectivity index is 2.46. The molecule has 0 radical (unpaired) electrons. The molecule has 108 valence electrons. The first kappa shape index (κ1) is 14.8. The minimum atomic E-state index is -3.95. The van der Waals surface area contributed by atoms with Crippen LogP contribution in [0.15, 0.2) is 47.4 Å². The maximum atomic E-state index is 13.1. The number of anilines is 1. The lowest BCUT2D eigenvalue weighted by molar-refractivity contribution is 0.403. The lowest BCUT2D eigenvalue weighted by atomic mass is 10.2. The van der Waals surface area contributed by atoms with Crippen molar-refractivity contribution in [2.24, 2.45) is 0 Å². The van der Waals surface area contributed by atoms with Crippen LogP contribution in [0.5, 0.6) is 5.75 Å². The first-order valence-corrected chi connectivity index (χ1v) is 7.32. The number of benzene rings is 2. The number of hydrogen-bond donors (Lipinski definition) is 1. The summed E-state index contributed by atoms with van der Waals surface area (Å²) in [4.78, 5) is -0.0688. The number of nitriles is 1. The first-order chi connectivity index (χ1) is 9.97. The van der Waals surface area contributed by atoms with Gasteiger partial charge in [-0.15, -0.1) is 0 Å². The van der Waals surface area contributed by atoms with E-state index in [0.29, 0.717) is 0 Å². The Kier molecular flexibility index (Phi) is 4.10. The van der Waals surface area contributed by atoms with Crippen molar-refractivity contribution < 1.29 is 17.5 Å². The summed E-state index contributed by atoms with van der Waals surface area (Å²) in [6, 6.07) is 11.0. The Morgan fingerprint density at radius 3 is 2.62 bits per heavy atom. The Morgan fingerprint density at radius 1 is 1.24 bits per heavy atom. The van der Waals surface area contributed by atoms with Crippen molar-refractivity contribution in [3.05, 3.63) is 53.8 Å². The second-order valence-electron chi connectivity index (χ2n) is 4.06. The molecule has 0 saturated heterocycles. The minimum Gasteiger partial charge on any atom is -0.495 e. The molecule has 0 heterocycles. The van der Waals surface area contributed by atoms with E-state index >= 15 is 0 Å². The average molecular weight is 306 g/mol. The van der Waals surface area contributed by atoms with Gasteiger partial charge in [-0.25, -0.2) is 12.8 Å². The van der Waals surface area contributed by atoms with Gasteiger partial charge in [-0.3, -0.25) is 4.72 Å². The van der Waals surface area contributed by atoms with Gasteiger partial charge in [-0.1, -0.05) is 12.1 Å². The van der Waals surface area contributed by atoms with Crippen LogP contribution < -0.4 is 9.46 Å². The highest BCUT2D eigenvalue weighted by Crippen LogP contribution is 2.26. The molecule has 21 heavy (non-hydrogen) atoms. The molecule has 0 unspecified atom stereocenters. The SMILES string of the molecule is COc1ccccc1S(=O)(=O)Nc1ccc(F)cc1C#N. The molecule has 0 aliphatic carbocycles. The van der Waals surface area contributed by atoms with Crippen molar-refractivity contribution in [1.29, 1.82) is 5.26 Å². The fraction of sp³-hybridized carbons (Fsp3) is 0.0714. The largest absolute Gasteiger partial charge is 0.495 e. The molecule has 2 aromatic rings. The van der Waals surface area contributed by atoms with Crippen LogP contribution in [0.4, 0.5) is 10.1 Å². The van der Waals surface area contributed by atoms with Gasteiger partial charge in [0.25, 0.3) is 10.0 Å². The van der Waals surface area contributed by atoms with Crippen molar-refractivity contribution in [3.63, 3.8) is 0 Å². The molecule has 7 heteroatoms. The summed E-state index contributed by atoms with van der Waals surface area (Å²) in [5.41, 5.74) is -0.0988. The van der Waals surface area contributed by atoms with Gasteiger partial charge >= 0.3 is 0 Å². The molecule has 0 spiro atoms. The van der Waals surface area contributed by atoms with Crippen molar-refractivity contribution in [2.45, 2.75) is 4.90 Å². The number of hydrogen-bond acceptors (Lipinski definition) is 4. The molecule has 0 amide bonds. The number of methoxy groups -OCH3 is 1. The van der Waals surface area contributed by atoms with Gasteiger partial charge in [0.15, 0.2) is 0 Å². The van der Waals surface area contributed by atoms with Crippen LogP contribution >= 0.6 is 0 Å². The molecule has 0 bridgehead atoms. The molecule has 0 aliphatic heterocycles. The van der Waals surface area contributed by atoms with Crippen LogP contribution in [-0.4, -0.2) is 15.5 Å². The topological polar surface area (TPSA) is 79.2 Å². The molecule has 2 rings (SSSR count). The molecule has 5 nitrogen and oxygen atoms in total. The standard InChI is InChI=1S/C14H11FN2O3S/c1-20-13-4-2-3-5-14(13)21(18,19)17-12-7-6-11(15)8-10(12)9-16/h2-8,17H,1H3. The van der Waals surface area contributed by atoms with Crippen LogP contribution in [0.2, 0.25) is 0 Å². The quantitative estimate of drug-likeness (QED) is 0.941. The lowest BCUT2D eigenvalue weighted by Gasteiger charge is -2.12. The van der Waals surface area contributed by atoms with Gasteiger partial charge in [0.05, 0.1) is 18.4 Å². The molecule has 0 aliphatic rings. The summed E-state index contributed by atoms with van der Waals surface area (Å²) in [7, 11) is -2.60. The fourth-order valence-electron chi connectivity index (χ4n) is 1.74. The Bertz CT molecular complexity index is 813. The third-order valence-corrected chi connectivity index (χ3v) is 4.11. The van der Waals surface area contributed by atoms with E-state index in [1.807, 2.05) is 0 Å². The zero-order valence-electron chi connectivity index (χ0n) is 11.0. The summed E-state index contributed by atoms with van der Waals surface area (Å²) in [5, 5.41) is 8.93. The Labute approximate surface area is 121 Å². The second kappa shape index (κ2) is 5.81. The molecular formula is C14H11FN2O3S. The molecule has 0 fully saturated rings. The van der Waals surface area contributed by atoms with Crippen LogP contribution in [0, 0.1) is 17.1 Å². The Morgan fingerprint density at radius 2 is 1.95 bits per heavy atom. The van der Waals surface area contributed by atoms with E-state index in [9.17, 15) is 12.8 Å². The van der Waals surface area contributed by atoms with Crippen LogP contribution in [0.1, 0.15) is 5.56 Å². The van der Waals surface area contributed by atoms with Crippen molar-refractivity contribution in [3.8, 4) is 11.8 Å². The minimum absolute atomic E-state index is 0.00445. The lowest BCUT2D eigenvalue weighted by Crippen LogP contribution is -2.15. The molecule has 0 atom stereocenters. The normalized spacial score (nSPS) is 10.7. The van der Waals surface area contributed by atoms with Crippen LogP contribution in [-0.2, 0) is 10.0 Å². The van der Waals surface area contributed by atoms with E-state index in [-0.39, 0.29) is 21.9 Å². The van der Waals surface area contributed by atoms with Crippen molar-refractivity contribution in [1.82, 2.24) is 0 Å². The summed E-state index contributed by atoms with van der Waals surface area (Å²) in [6.45, 7) is 0. The fourth-order valence-corrected chi connectivity index (χ4v) is 2.99. The number of halogens is 1. The van der Waals surface area contributed by atoms with Gasteiger partial charge in [0.1, 0.15) is 22.5 Å². The molecule has 1 N–H and O–H groups in total. The van der Waals surface area contributed by atoms with Crippen molar-refractivity contribution >= 4 is 15.7 Å². The number of sulfonamides is 1. The third-order valence-electron chi connectivity index (χ3n) is 2.70. The van der Waals surface area contributed by atoms with Crippen molar-refractivity contribution in [2.75, 3.05) is 11.8 Å². The smallest absolute Gasteiger partial charge is 0.265 e. The highest BCUT2D eigenvalue weighted by Gasteiger charge is 2.20. The van der Waals surface area contributed by atoms with Gasteiger partial charge < -0.3 is 4.74 Å². The van der Waals surface area contributed by atoms with E-state index in [1.54, 1.807) is 18.2 Å². The van der Waals surface area contributed by atoms with E-state index in [2.05, 4.69) is 4.72 Å². The highest BCUT2D eigenvalue weighted by atomic mass is 32.2. The van der Waals surface area contributed by atoms with Gasteiger partial charge in [0, 0.05) is 0 Å². The molecular weight excluding hydrogens is 295 g/mol. The average Bonchev–Trinajstić information content (AvgIpc) is 2.48. The van der Waals surface area contributed by atoms with Gasteiger partial charge in [0.2, 0.25) is 0 Å². The van der Waals surface area contributed by atoms with E-state index in [1.165, 1.54) is 25.3 Å². The molecule has 0 saturated carbocycles. The number of para-hydroxylation sites is 1. The van der Waals surface area contributed by atoms with Gasteiger partial charge in [-0.05, 0) is 30.3 Å². The zero-order chi connectivity index (χ0) is 15.5. The van der Waals surface area contributed by atoms with E-state index < -0.39 is 15.8 Å². The van der Waals surface area contributed by atoms with E-state index in [4.69, 9.17) is 10.00 Å². The molecule has 0 aromatic heterocycles. The number of ether oxygens (including phenoxy) is 1. The monoisotopic (exact) mass is 306 g/mol. The summed E-state index contributed by atoms with van der Waals surface area (Å²) in [6.07, 6.45) is 0. The summed E-state index contributed by atoms with van der Waals surface area (Å²) in [5.74, 6) is -0.447. The number of nitrogens with one attached hydrogen (secondary N) is 1. The predicted molar refractivity (Wildman–Crippen MR) is 74.9 cm³/mol. The van der Waals surface area contributed by atoms with Crippen LogP contribution in [0.25, 0.3) is 0 Å². The zero-order valence-corrected chi connectivity index (χ0v) is 11.8. The predicted octanol–water partition coefficient (Wildman–Crippen LogP) is 2.51.